The summed E-state index contributed by atoms with van der Waals surface area (Å²) in [5.41, 5.74) is 1.63. The van der Waals surface area contributed by atoms with Crippen LogP contribution in [0.5, 0.6) is 0 Å². The molecule has 0 N–H and O–H groups in total. The summed E-state index contributed by atoms with van der Waals surface area (Å²) in [5, 5.41) is 0. The quantitative estimate of drug-likeness (QED) is 0.535. The van der Waals surface area contributed by atoms with Crippen LogP contribution in [0.4, 0.5) is 0 Å². The highest BCUT2D eigenvalue weighted by molar-refractivity contribution is 5.88. The van der Waals surface area contributed by atoms with E-state index in [1.807, 2.05) is 0 Å². The van der Waals surface area contributed by atoms with Crippen LogP contribution in [-0.4, -0.2) is 5.78 Å². The van der Waals surface area contributed by atoms with Crippen LogP contribution in [-0.2, 0) is 4.79 Å². The summed E-state index contributed by atoms with van der Waals surface area (Å²) in [6.45, 7) is 5.87. The van der Waals surface area contributed by atoms with Crippen LogP contribution in [0.1, 0.15) is 33.6 Å². The second-order valence-electron chi connectivity index (χ2n) is 3.50. The van der Waals surface area contributed by atoms with Gasteiger partial charge in [0.25, 0.3) is 0 Å². The summed E-state index contributed by atoms with van der Waals surface area (Å²) < 4.78 is 0. The van der Waals surface area contributed by atoms with Crippen LogP contribution >= 0.6 is 0 Å². The van der Waals surface area contributed by atoms with Crippen LogP contribution in [0.15, 0.2) is 11.6 Å². The van der Waals surface area contributed by atoms with Crippen molar-refractivity contribution in [3.8, 4) is 0 Å². The minimum absolute atomic E-state index is 0.172. The molecule has 0 heterocycles. The molecule has 1 aliphatic carbocycles. The number of ketones is 1. The molecule has 0 aromatic carbocycles. The van der Waals surface area contributed by atoms with Crippen LogP contribution < -0.4 is 0 Å². The molecule has 1 aliphatic rings. The van der Waals surface area contributed by atoms with Gasteiger partial charge in [-0.05, 0) is 38.2 Å². The van der Waals surface area contributed by atoms with Crippen LogP contribution in [0.25, 0.3) is 0 Å². The van der Waals surface area contributed by atoms with Crippen molar-refractivity contribution in [2.24, 2.45) is 5.41 Å². The standard InChI is InChI=1S/C9H14O/c1-7(6-8(2)10)9(3)4-5-9/h6H,4-5H2,1-3H3/b7-6+. The molecule has 1 rings (SSSR count). The van der Waals surface area contributed by atoms with E-state index in [9.17, 15) is 4.79 Å². The molecule has 10 heavy (non-hydrogen) atoms. The van der Waals surface area contributed by atoms with Gasteiger partial charge in [-0.25, -0.2) is 0 Å². The Balaban J connectivity index is 2.64. The van der Waals surface area contributed by atoms with Crippen molar-refractivity contribution < 1.29 is 4.79 Å². The van der Waals surface area contributed by atoms with Crippen molar-refractivity contribution in [2.45, 2.75) is 33.6 Å². The smallest absolute Gasteiger partial charge is 0.152 e. The summed E-state index contributed by atoms with van der Waals surface area (Å²) in [7, 11) is 0. The molecule has 0 aromatic rings. The minimum atomic E-state index is 0.172. The minimum Gasteiger partial charge on any atom is -0.295 e. The molecule has 0 amide bonds. The molecule has 1 heteroatoms. The lowest BCUT2D eigenvalue weighted by Crippen LogP contribution is -1.97. The first-order chi connectivity index (χ1) is 4.54. The number of rotatable bonds is 2. The Kier molecular flexibility index (Phi) is 1.67. The normalized spacial score (nSPS) is 22.5. The fraction of sp³-hybridized carbons (Fsp3) is 0.667. The molecule has 0 saturated heterocycles. The van der Waals surface area contributed by atoms with E-state index in [0.717, 1.165) is 0 Å². The summed E-state index contributed by atoms with van der Waals surface area (Å²) in [4.78, 5) is 10.7. The molecule has 0 spiro atoms. The summed E-state index contributed by atoms with van der Waals surface area (Å²) in [6, 6.07) is 0. The van der Waals surface area contributed by atoms with Crippen LogP contribution in [0.3, 0.4) is 0 Å². The first kappa shape index (κ1) is 7.52. The van der Waals surface area contributed by atoms with E-state index in [1.165, 1.54) is 18.4 Å². The maximum atomic E-state index is 10.7. The Morgan fingerprint density at radius 2 is 1.90 bits per heavy atom. The molecule has 56 valence electrons. The Hall–Kier alpha value is -0.590. The van der Waals surface area contributed by atoms with E-state index in [4.69, 9.17) is 0 Å². The summed E-state index contributed by atoms with van der Waals surface area (Å²) >= 11 is 0. The maximum Gasteiger partial charge on any atom is 0.152 e. The van der Waals surface area contributed by atoms with Gasteiger partial charge in [0.2, 0.25) is 0 Å². The van der Waals surface area contributed by atoms with Gasteiger partial charge in [0.1, 0.15) is 0 Å². The lowest BCUT2D eigenvalue weighted by Gasteiger charge is -2.06. The number of carbonyl (C=O) groups is 1. The SMILES string of the molecule is CC(=O)/C=C(\C)C1(C)CC1. The molecule has 0 unspecified atom stereocenters. The van der Waals surface area contributed by atoms with Gasteiger partial charge < -0.3 is 0 Å². The van der Waals surface area contributed by atoms with E-state index in [-0.39, 0.29) is 5.78 Å². The Labute approximate surface area is 62.1 Å². The zero-order valence-corrected chi connectivity index (χ0v) is 6.90. The van der Waals surface area contributed by atoms with Gasteiger partial charge in [0.05, 0.1) is 0 Å². The first-order valence-corrected chi connectivity index (χ1v) is 3.74. The molecule has 0 aliphatic heterocycles. The second-order valence-corrected chi connectivity index (χ2v) is 3.50. The molecular formula is C9H14O. The topological polar surface area (TPSA) is 17.1 Å². The molecule has 1 nitrogen and oxygen atoms in total. The first-order valence-electron chi connectivity index (χ1n) is 3.74. The average Bonchev–Trinajstić information content (AvgIpc) is 2.47. The molecule has 1 fully saturated rings. The van der Waals surface area contributed by atoms with Gasteiger partial charge in [0.15, 0.2) is 5.78 Å². The fourth-order valence-electron chi connectivity index (χ4n) is 1.06. The van der Waals surface area contributed by atoms with Crippen molar-refractivity contribution in [1.82, 2.24) is 0 Å². The van der Waals surface area contributed by atoms with Crippen LogP contribution in [0.2, 0.25) is 0 Å². The van der Waals surface area contributed by atoms with E-state index >= 15 is 0 Å². The maximum absolute atomic E-state index is 10.7. The third kappa shape index (κ3) is 1.47. The Morgan fingerprint density at radius 3 is 2.20 bits per heavy atom. The summed E-state index contributed by atoms with van der Waals surface area (Å²) in [6.07, 6.45) is 4.26. The Bertz CT molecular complexity index is 185. The zero-order chi connectivity index (χ0) is 7.78. The van der Waals surface area contributed by atoms with Crippen molar-refractivity contribution >= 4 is 5.78 Å². The predicted molar refractivity (Wildman–Crippen MR) is 41.8 cm³/mol. The molecule has 1 saturated carbocycles. The number of hydrogen-bond donors (Lipinski definition) is 0. The lowest BCUT2D eigenvalue weighted by molar-refractivity contribution is -0.112. The summed E-state index contributed by atoms with van der Waals surface area (Å²) in [5.74, 6) is 0.172. The van der Waals surface area contributed by atoms with E-state index < -0.39 is 0 Å². The van der Waals surface area contributed by atoms with Gasteiger partial charge in [-0.2, -0.15) is 0 Å². The van der Waals surface area contributed by atoms with Crippen molar-refractivity contribution in [3.05, 3.63) is 11.6 Å². The highest BCUT2D eigenvalue weighted by atomic mass is 16.1. The largest absolute Gasteiger partial charge is 0.295 e. The van der Waals surface area contributed by atoms with Gasteiger partial charge in [-0.3, -0.25) is 4.79 Å². The third-order valence-corrected chi connectivity index (χ3v) is 2.37. The number of carbonyl (C=O) groups excluding carboxylic acids is 1. The number of hydrogen-bond acceptors (Lipinski definition) is 1. The van der Waals surface area contributed by atoms with E-state index in [2.05, 4.69) is 13.8 Å². The highest BCUT2D eigenvalue weighted by Crippen LogP contribution is 2.50. The number of allylic oxidation sites excluding steroid dienone is 2. The van der Waals surface area contributed by atoms with Crippen molar-refractivity contribution in [1.29, 1.82) is 0 Å². The molecule has 0 bridgehead atoms. The van der Waals surface area contributed by atoms with Gasteiger partial charge in [-0.1, -0.05) is 12.5 Å². The van der Waals surface area contributed by atoms with Crippen molar-refractivity contribution in [3.63, 3.8) is 0 Å². The monoisotopic (exact) mass is 138 g/mol. The van der Waals surface area contributed by atoms with Crippen LogP contribution in [0, 0.1) is 5.41 Å². The predicted octanol–water partition coefficient (Wildman–Crippen LogP) is 2.32. The molecule has 0 radical (unpaired) electrons. The molecule has 0 aromatic heterocycles. The van der Waals surface area contributed by atoms with Crippen molar-refractivity contribution in [2.75, 3.05) is 0 Å². The Morgan fingerprint density at radius 1 is 1.40 bits per heavy atom. The average molecular weight is 138 g/mol. The van der Waals surface area contributed by atoms with Gasteiger partial charge in [-0.15, -0.1) is 0 Å². The highest BCUT2D eigenvalue weighted by Gasteiger charge is 2.38. The zero-order valence-electron chi connectivity index (χ0n) is 6.90. The molecular weight excluding hydrogens is 124 g/mol. The second kappa shape index (κ2) is 2.22. The van der Waals surface area contributed by atoms with E-state index in [0.29, 0.717) is 5.41 Å². The molecule has 0 atom stereocenters. The fourth-order valence-corrected chi connectivity index (χ4v) is 1.06. The lowest BCUT2D eigenvalue weighted by atomic mass is 9.99. The van der Waals surface area contributed by atoms with Gasteiger partial charge in [0, 0.05) is 0 Å². The van der Waals surface area contributed by atoms with E-state index in [1.54, 1.807) is 13.0 Å². The third-order valence-electron chi connectivity index (χ3n) is 2.37. The van der Waals surface area contributed by atoms with Gasteiger partial charge >= 0.3 is 0 Å².